The highest BCUT2D eigenvalue weighted by molar-refractivity contribution is 7.89. The van der Waals surface area contributed by atoms with Crippen molar-refractivity contribution in [3.63, 3.8) is 0 Å². The fraction of sp³-hybridized carbons (Fsp3) is 0.417. The van der Waals surface area contributed by atoms with Crippen molar-refractivity contribution in [2.75, 3.05) is 13.2 Å². The molecule has 3 N–H and O–H groups in total. The van der Waals surface area contributed by atoms with Crippen LogP contribution in [-0.2, 0) is 14.8 Å². The highest BCUT2D eigenvalue weighted by Crippen LogP contribution is 2.24. The van der Waals surface area contributed by atoms with E-state index >= 15 is 0 Å². The molecule has 1 fully saturated rings. The first-order valence-electron chi connectivity index (χ1n) is 6.51. The summed E-state index contributed by atoms with van der Waals surface area (Å²) in [5.74, 6) is 0. The van der Waals surface area contributed by atoms with Gasteiger partial charge in [0, 0.05) is 18.2 Å². The van der Waals surface area contributed by atoms with Crippen molar-refractivity contribution >= 4 is 50.6 Å². The molecule has 1 heterocycles. The number of hydrogen-bond donors (Lipinski definition) is 3. The molecule has 122 valence electrons. The minimum Gasteiger partial charge on any atom is -0.376 e. The van der Waals surface area contributed by atoms with Crippen LogP contribution in [-0.4, -0.2) is 32.8 Å². The van der Waals surface area contributed by atoms with Gasteiger partial charge in [-0.1, -0.05) is 23.2 Å². The lowest BCUT2D eigenvalue weighted by molar-refractivity contribution is 0.114. The zero-order chi connectivity index (χ0) is 16.2. The van der Waals surface area contributed by atoms with Crippen LogP contribution in [0.4, 0.5) is 0 Å². The molecule has 0 aliphatic carbocycles. The topological polar surface area (TPSA) is 79.5 Å². The van der Waals surface area contributed by atoms with E-state index in [4.69, 9.17) is 40.2 Å². The molecule has 10 heteroatoms. The molecule has 1 aliphatic rings. The van der Waals surface area contributed by atoms with E-state index in [2.05, 4.69) is 15.6 Å². The highest BCUT2D eigenvalue weighted by Gasteiger charge is 2.19. The molecule has 6 nitrogen and oxygen atoms in total. The molecule has 0 bridgehead atoms. The second-order valence-corrected chi connectivity index (χ2v) is 7.55. The monoisotopic (exact) mass is 383 g/mol. The predicted octanol–water partition coefficient (Wildman–Crippen LogP) is 1.83. The van der Waals surface area contributed by atoms with Crippen LogP contribution in [0.25, 0.3) is 0 Å². The maximum Gasteiger partial charge on any atom is 0.258 e. The summed E-state index contributed by atoms with van der Waals surface area (Å²) >= 11 is 16.7. The number of hydrazine groups is 1. The van der Waals surface area contributed by atoms with Crippen molar-refractivity contribution in [3.05, 3.63) is 28.2 Å². The maximum absolute atomic E-state index is 12.1. The summed E-state index contributed by atoms with van der Waals surface area (Å²) in [4.78, 5) is 2.02. The Labute approximate surface area is 144 Å². The fourth-order valence-corrected chi connectivity index (χ4v) is 3.72. The quantitative estimate of drug-likeness (QED) is 0.531. The molecule has 1 aromatic rings. The van der Waals surface area contributed by atoms with E-state index in [-0.39, 0.29) is 26.2 Å². The second-order valence-electron chi connectivity index (χ2n) is 4.65. The Morgan fingerprint density at radius 3 is 2.86 bits per heavy atom. The fourth-order valence-electron chi connectivity index (χ4n) is 1.91. The Hall–Kier alpha value is -0.640. The van der Waals surface area contributed by atoms with E-state index in [0.29, 0.717) is 6.54 Å². The van der Waals surface area contributed by atoms with Crippen LogP contribution in [0.3, 0.4) is 0 Å². The molecule has 2 rings (SSSR count). The molecule has 0 amide bonds. The first-order chi connectivity index (χ1) is 10.4. The molecular formula is C12H15Cl2N3O3S2. The molecule has 0 aromatic heterocycles. The average Bonchev–Trinajstić information content (AvgIpc) is 2.99. The van der Waals surface area contributed by atoms with Gasteiger partial charge in [0.15, 0.2) is 5.11 Å². The number of thiocarbonyl (C=S) groups is 1. The Kier molecular flexibility index (Phi) is 6.25. The van der Waals surface area contributed by atoms with Crippen LogP contribution < -0.4 is 15.6 Å². The third kappa shape index (κ3) is 4.94. The van der Waals surface area contributed by atoms with Gasteiger partial charge in [-0.15, -0.1) is 4.83 Å². The summed E-state index contributed by atoms with van der Waals surface area (Å²) in [6, 6.07) is 4.17. The zero-order valence-corrected chi connectivity index (χ0v) is 14.6. The van der Waals surface area contributed by atoms with Gasteiger partial charge in [0.25, 0.3) is 10.0 Å². The molecule has 1 atom stereocenters. The molecule has 1 saturated heterocycles. The minimum atomic E-state index is -3.88. The number of sulfonamides is 1. The van der Waals surface area contributed by atoms with Crippen molar-refractivity contribution < 1.29 is 13.2 Å². The molecule has 0 saturated carbocycles. The second kappa shape index (κ2) is 7.76. The summed E-state index contributed by atoms with van der Waals surface area (Å²) < 4.78 is 29.7. The van der Waals surface area contributed by atoms with E-state index in [1.54, 1.807) is 0 Å². The predicted molar refractivity (Wildman–Crippen MR) is 89.5 cm³/mol. The van der Waals surface area contributed by atoms with Gasteiger partial charge in [-0.2, -0.15) is 0 Å². The number of rotatable bonds is 5. The number of benzene rings is 1. The summed E-state index contributed by atoms with van der Waals surface area (Å²) in [5, 5.41) is 3.37. The van der Waals surface area contributed by atoms with Crippen LogP contribution >= 0.6 is 35.4 Å². The molecule has 0 radical (unpaired) electrons. The van der Waals surface area contributed by atoms with Crippen LogP contribution in [0, 0.1) is 0 Å². The Morgan fingerprint density at radius 2 is 2.18 bits per heavy atom. The molecule has 1 aliphatic heterocycles. The van der Waals surface area contributed by atoms with Crippen molar-refractivity contribution in [1.82, 2.24) is 15.6 Å². The SMILES string of the molecule is O=S(=O)(NNC(=S)NCC1CCCO1)c1cc(Cl)ccc1Cl. The van der Waals surface area contributed by atoms with Crippen molar-refractivity contribution in [2.24, 2.45) is 0 Å². The van der Waals surface area contributed by atoms with Crippen LogP contribution in [0.15, 0.2) is 23.1 Å². The summed E-state index contributed by atoms with van der Waals surface area (Å²) in [7, 11) is -3.88. The third-order valence-corrected chi connectivity index (χ3v) is 5.21. The first kappa shape index (κ1) is 17.7. The number of ether oxygens (including phenoxy) is 1. The Bertz CT molecular complexity index is 649. The standard InChI is InChI=1S/C12H15Cl2N3O3S2/c13-8-3-4-10(14)11(6-8)22(18,19)17-16-12(21)15-7-9-2-1-5-20-9/h3-4,6,9,17H,1-2,5,7H2,(H2,15,16,21). The first-order valence-corrected chi connectivity index (χ1v) is 9.15. The number of hydrogen-bond acceptors (Lipinski definition) is 4. The molecule has 1 aromatic carbocycles. The smallest absolute Gasteiger partial charge is 0.258 e. The Morgan fingerprint density at radius 1 is 1.41 bits per heavy atom. The van der Waals surface area contributed by atoms with Crippen molar-refractivity contribution in [2.45, 2.75) is 23.8 Å². The van der Waals surface area contributed by atoms with E-state index in [9.17, 15) is 8.42 Å². The van der Waals surface area contributed by atoms with E-state index in [1.807, 2.05) is 0 Å². The van der Waals surface area contributed by atoms with Crippen LogP contribution in [0.1, 0.15) is 12.8 Å². The van der Waals surface area contributed by atoms with Gasteiger partial charge in [-0.25, -0.2) is 8.42 Å². The maximum atomic E-state index is 12.1. The largest absolute Gasteiger partial charge is 0.376 e. The normalized spacial score (nSPS) is 18.2. The molecule has 0 spiro atoms. The van der Waals surface area contributed by atoms with Gasteiger partial charge < -0.3 is 10.1 Å². The zero-order valence-electron chi connectivity index (χ0n) is 11.4. The van der Waals surface area contributed by atoms with Gasteiger partial charge >= 0.3 is 0 Å². The summed E-state index contributed by atoms with van der Waals surface area (Å²) in [6.07, 6.45) is 2.07. The summed E-state index contributed by atoms with van der Waals surface area (Å²) in [5.41, 5.74) is 2.42. The number of halogens is 2. The Balaban J connectivity index is 1.88. The lowest BCUT2D eigenvalue weighted by Crippen LogP contribution is -2.48. The van der Waals surface area contributed by atoms with Crippen molar-refractivity contribution in [1.29, 1.82) is 0 Å². The van der Waals surface area contributed by atoms with E-state index in [0.717, 1.165) is 19.4 Å². The van der Waals surface area contributed by atoms with Crippen molar-refractivity contribution in [3.8, 4) is 0 Å². The lowest BCUT2D eigenvalue weighted by Gasteiger charge is -2.15. The number of nitrogens with one attached hydrogen (secondary N) is 3. The van der Waals surface area contributed by atoms with Gasteiger partial charge in [0.2, 0.25) is 0 Å². The van der Waals surface area contributed by atoms with Gasteiger partial charge in [0.05, 0.1) is 11.1 Å². The highest BCUT2D eigenvalue weighted by atomic mass is 35.5. The van der Waals surface area contributed by atoms with Gasteiger partial charge in [-0.05, 0) is 43.3 Å². The molecular weight excluding hydrogens is 369 g/mol. The van der Waals surface area contributed by atoms with E-state index in [1.165, 1.54) is 18.2 Å². The molecule has 22 heavy (non-hydrogen) atoms. The van der Waals surface area contributed by atoms with Gasteiger partial charge in [0.1, 0.15) is 4.90 Å². The van der Waals surface area contributed by atoms with Gasteiger partial charge in [-0.3, -0.25) is 5.43 Å². The minimum absolute atomic E-state index is 0.0666. The van der Waals surface area contributed by atoms with Crippen LogP contribution in [0.2, 0.25) is 10.0 Å². The molecule has 1 unspecified atom stereocenters. The van der Waals surface area contributed by atoms with Crippen LogP contribution in [0.5, 0.6) is 0 Å². The van der Waals surface area contributed by atoms with E-state index < -0.39 is 10.0 Å². The lowest BCUT2D eigenvalue weighted by atomic mass is 10.2. The summed E-state index contributed by atoms with van der Waals surface area (Å²) in [6.45, 7) is 1.26. The average molecular weight is 384 g/mol. The third-order valence-electron chi connectivity index (χ3n) is 3.00.